The lowest BCUT2D eigenvalue weighted by atomic mass is 9.99. The van der Waals surface area contributed by atoms with Gasteiger partial charge in [0.05, 0.1) is 6.61 Å². The number of nitrogens with zero attached hydrogens (tertiary/aromatic N) is 3. The molecule has 2 saturated heterocycles. The summed E-state index contributed by atoms with van der Waals surface area (Å²) in [4.78, 5) is 13.7. The number of rotatable bonds is 3. The Morgan fingerprint density at radius 3 is 3.12 bits per heavy atom. The lowest BCUT2D eigenvalue weighted by molar-refractivity contribution is -0.197. The Morgan fingerprint density at radius 1 is 1.71 bits per heavy atom. The Kier molecular flexibility index (Phi) is 3.70. The zero-order valence-corrected chi connectivity index (χ0v) is 9.36. The summed E-state index contributed by atoms with van der Waals surface area (Å²) in [6.45, 7) is 0.166. The molecule has 2 fully saturated rings. The van der Waals surface area contributed by atoms with Crippen LogP contribution in [0.1, 0.15) is 0 Å². The molecule has 5 atom stereocenters. The van der Waals surface area contributed by atoms with E-state index in [9.17, 15) is 9.90 Å². The molecule has 2 rings (SSSR count). The Bertz CT molecular complexity index is 361. The fraction of sp³-hybridized carbons (Fsp3) is 0.875. The number of hydrogen-bond acceptors (Lipinski definition) is 6. The van der Waals surface area contributed by atoms with Gasteiger partial charge in [-0.2, -0.15) is 0 Å². The molecule has 0 aromatic carbocycles. The van der Waals surface area contributed by atoms with Crippen LogP contribution in [0.5, 0.6) is 0 Å². The minimum atomic E-state index is -1.16. The minimum absolute atomic E-state index is 0.166. The van der Waals surface area contributed by atoms with Crippen LogP contribution in [-0.2, 0) is 19.0 Å². The highest BCUT2D eigenvalue weighted by Gasteiger charge is 2.51. The van der Waals surface area contributed by atoms with Crippen molar-refractivity contribution in [2.75, 3.05) is 12.5 Å². The summed E-state index contributed by atoms with van der Waals surface area (Å²) in [6, 6.07) is -0.938. The molecule has 0 aliphatic carbocycles. The molecule has 2 heterocycles. The number of carbonyl (C=O) groups is 1. The highest BCUT2D eigenvalue weighted by Crippen LogP contribution is 2.31. The van der Waals surface area contributed by atoms with Crippen LogP contribution in [0.25, 0.3) is 10.4 Å². The summed E-state index contributed by atoms with van der Waals surface area (Å²) < 4.78 is 15.5. The second-order valence-corrected chi connectivity index (χ2v) is 3.92. The van der Waals surface area contributed by atoms with E-state index in [0.29, 0.717) is 0 Å². The second-order valence-electron chi connectivity index (χ2n) is 3.65. The first-order chi connectivity index (χ1) is 8.17. The normalized spacial score (nSPS) is 39.5. The van der Waals surface area contributed by atoms with E-state index in [1.54, 1.807) is 0 Å². The molecule has 0 amide bonds. The maximum absolute atomic E-state index is 11.1. The SMILES string of the molecule is [N-]=[N+]=N[C@H]1[C@@H]2OC[C@@H](O2)[C@@H](OC(=O)CCl)[C@@H]1O. The molecule has 0 aromatic heterocycles. The molecule has 1 N–H and O–H groups in total. The van der Waals surface area contributed by atoms with Crippen molar-refractivity contribution < 1.29 is 24.1 Å². The maximum atomic E-state index is 11.1. The molecular weight excluding hydrogens is 254 g/mol. The first kappa shape index (κ1) is 12.4. The van der Waals surface area contributed by atoms with Crippen LogP contribution in [0.2, 0.25) is 0 Å². The van der Waals surface area contributed by atoms with Crippen molar-refractivity contribution in [3.63, 3.8) is 0 Å². The van der Waals surface area contributed by atoms with Crippen LogP contribution in [0.4, 0.5) is 0 Å². The largest absolute Gasteiger partial charge is 0.456 e. The van der Waals surface area contributed by atoms with Gasteiger partial charge in [-0.15, -0.1) is 11.6 Å². The van der Waals surface area contributed by atoms with Crippen LogP contribution >= 0.6 is 11.6 Å². The van der Waals surface area contributed by atoms with Crippen molar-refractivity contribution in [3.05, 3.63) is 10.4 Å². The summed E-state index contributed by atoms with van der Waals surface area (Å²) in [5.74, 6) is -1.00. The van der Waals surface area contributed by atoms with E-state index in [1.165, 1.54) is 0 Å². The second kappa shape index (κ2) is 5.07. The van der Waals surface area contributed by atoms with E-state index in [1.807, 2.05) is 0 Å². The standard InChI is InChI=1S/C8H10ClN3O5/c9-1-4(13)17-7-3-2-15-8(16-3)5(6(7)14)11-12-10/h3,5-8,14H,1-2H2/t3-,5-,6-,7-,8-/m1/s1. The molecule has 9 heteroatoms. The topological polar surface area (TPSA) is 114 Å². The van der Waals surface area contributed by atoms with Crippen LogP contribution in [-0.4, -0.2) is 54.2 Å². The fourth-order valence-electron chi connectivity index (χ4n) is 1.88. The average Bonchev–Trinajstić information content (AvgIpc) is 2.76. The molecule has 0 spiro atoms. The molecule has 8 nitrogen and oxygen atoms in total. The number of aliphatic hydroxyl groups is 1. The minimum Gasteiger partial charge on any atom is -0.456 e. The van der Waals surface area contributed by atoms with Crippen molar-refractivity contribution in [3.8, 4) is 0 Å². The van der Waals surface area contributed by atoms with E-state index in [0.717, 1.165) is 0 Å². The van der Waals surface area contributed by atoms with Gasteiger partial charge < -0.3 is 19.3 Å². The zero-order valence-electron chi connectivity index (χ0n) is 8.60. The van der Waals surface area contributed by atoms with Crippen LogP contribution in [0, 0.1) is 0 Å². The zero-order chi connectivity index (χ0) is 12.4. The summed E-state index contributed by atoms with van der Waals surface area (Å²) >= 11 is 5.31. The molecule has 0 radical (unpaired) electrons. The average molecular weight is 264 g/mol. The van der Waals surface area contributed by atoms with E-state index < -0.39 is 36.6 Å². The number of ether oxygens (including phenoxy) is 3. The first-order valence-electron chi connectivity index (χ1n) is 4.92. The molecule has 94 valence electrons. The molecule has 2 aliphatic rings. The number of azide groups is 1. The molecule has 0 unspecified atom stereocenters. The van der Waals surface area contributed by atoms with Crippen molar-refractivity contribution in [1.82, 2.24) is 0 Å². The van der Waals surface area contributed by atoms with Gasteiger partial charge in [-0.05, 0) is 5.53 Å². The fourth-order valence-corrected chi connectivity index (χ4v) is 1.94. The third-order valence-corrected chi connectivity index (χ3v) is 2.85. The van der Waals surface area contributed by atoms with Crippen molar-refractivity contribution >= 4 is 17.6 Å². The van der Waals surface area contributed by atoms with Crippen molar-refractivity contribution in [2.24, 2.45) is 5.11 Å². The number of esters is 1. The summed E-state index contributed by atoms with van der Waals surface area (Å²) in [7, 11) is 0. The van der Waals surface area contributed by atoms with Gasteiger partial charge in [-0.25, -0.2) is 0 Å². The number of alkyl halides is 1. The first-order valence-corrected chi connectivity index (χ1v) is 5.45. The van der Waals surface area contributed by atoms with Gasteiger partial charge in [-0.1, -0.05) is 5.11 Å². The Labute approximate surface area is 101 Å². The van der Waals surface area contributed by atoms with Crippen LogP contribution in [0.15, 0.2) is 5.11 Å². The molecule has 2 bridgehead atoms. The predicted molar refractivity (Wildman–Crippen MR) is 54.2 cm³/mol. The maximum Gasteiger partial charge on any atom is 0.321 e. The van der Waals surface area contributed by atoms with Gasteiger partial charge in [0.25, 0.3) is 0 Å². The summed E-state index contributed by atoms with van der Waals surface area (Å²) in [6.07, 6.45) is -3.45. The van der Waals surface area contributed by atoms with Gasteiger partial charge >= 0.3 is 5.97 Å². The van der Waals surface area contributed by atoms with Crippen molar-refractivity contribution in [2.45, 2.75) is 30.6 Å². The van der Waals surface area contributed by atoms with Crippen molar-refractivity contribution in [1.29, 1.82) is 0 Å². The Morgan fingerprint density at radius 2 is 2.47 bits per heavy atom. The Balaban J connectivity index is 2.14. The van der Waals surface area contributed by atoms with E-state index >= 15 is 0 Å². The lowest BCUT2D eigenvalue weighted by Crippen LogP contribution is -2.54. The summed E-state index contributed by atoms with van der Waals surface area (Å²) in [5, 5.41) is 13.3. The van der Waals surface area contributed by atoms with E-state index in [4.69, 9.17) is 31.3 Å². The highest BCUT2D eigenvalue weighted by molar-refractivity contribution is 6.26. The van der Waals surface area contributed by atoms with Gasteiger partial charge in [0.15, 0.2) is 12.4 Å². The van der Waals surface area contributed by atoms with Crippen LogP contribution in [0.3, 0.4) is 0 Å². The molecule has 17 heavy (non-hydrogen) atoms. The van der Waals surface area contributed by atoms with Gasteiger partial charge in [0, 0.05) is 4.91 Å². The third kappa shape index (κ3) is 2.31. The monoisotopic (exact) mass is 263 g/mol. The quantitative estimate of drug-likeness (QED) is 0.252. The summed E-state index contributed by atoms with van der Waals surface area (Å²) in [5.41, 5.74) is 8.38. The van der Waals surface area contributed by atoms with E-state index in [2.05, 4.69) is 10.0 Å². The number of aliphatic hydroxyl groups excluding tert-OH is 1. The van der Waals surface area contributed by atoms with Gasteiger partial charge in [0.2, 0.25) is 0 Å². The lowest BCUT2D eigenvalue weighted by Gasteiger charge is -2.35. The number of carbonyl (C=O) groups excluding carboxylic acids is 1. The predicted octanol–water partition coefficient (Wildman–Crippen LogP) is -0.0681. The molecule has 0 aromatic rings. The molecule has 0 saturated carbocycles. The third-order valence-electron chi connectivity index (χ3n) is 2.63. The van der Waals surface area contributed by atoms with Crippen LogP contribution < -0.4 is 0 Å². The number of fused-ring (bicyclic) bond motifs is 2. The number of hydrogen-bond donors (Lipinski definition) is 1. The highest BCUT2D eigenvalue weighted by atomic mass is 35.5. The van der Waals surface area contributed by atoms with Gasteiger partial charge in [-0.3, -0.25) is 4.79 Å². The molecule has 2 aliphatic heterocycles. The Hall–Kier alpha value is -1.05. The molecular formula is C8H10ClN3O5. The smallest absolute Gasteiger partial charge is 0.321 e. The van der Waals surface area contributed by atoms with Gasteiger partial charge in [0.1, 0.15) is 24.1 Å². The number of halogens is 1. The van der Waals surface area contributed by atoms with E-state index in [-0.39, 0.29) is 12.5 Å².